The van der Waals surface area contributed by atoms with Gasteiger partial charge in [-0.1, -0.05) is 62.4 Å². The summed E-state index contributed by atoms with van der Waals surface area (Å²) in [5.74, 6) is 0.627. The first-order valence-corrected chi connectivity index (χ1v) is 10.4. The Bertz CT molecular complexity index is 829. The standard InChI is InChI=1S/C25H30ClN/c1-5-20(15-18(3)25-17(2)7-6-8-23(25)26)10-11-21-12-14-24-22(16-21)13-9-19(4)27-24/h6-8,12,14,16,20,27H,3-5,9-11,13,15H2,1-2H3. The van der Waals surface area contributed by atoms with E-state index in [0.29, 0.717) is 5.92 Å². The predicted octanol–water partition coefficient (Wildman–Crippen LogP) is 7.58. The van der Waals surface area contributed by atoms with Crippen molar-refractivity contribution in [2.24, 2.45) is 5.92 Å². The largest absolute Gasteiger partial charge is 0.359 e. The van der Waals surface area contributed by atoms with E-state index >= 15 is 0 Å². The van der Waals surface area contributed by atoms with Gasteiger partial charge in [0.05, 0.1) is 0 Å². The summed E-state index contributed by atoms with van der Waals surface area (Å²) in [5, 5.41) is 4.22. The van der Waals surface area contributed by atoms with Crippen LogP contribution in [0, 0.1) is 12.8 Å². The second-order valence-electron chi connectivity index (χ2n) is 7.77. The second kappa shape index (κ2) is 8.80. The predicted molar refractivity (Wildman–Crippen MR) is 119 cm³/mol. The van der Waals surface area contributed by atoms with Crippen molar-refractivity contribution in [3.63, 3.8) is 0 Å². The lowest BCUT2D eigenvalue weighted by Gasteiger charge is -2.22. The van der Waals surface area contributed by atoms with E-state index in [1.165, 1.54) is 28.8 Å². The molecule has 0 amide bonds. The molecule has 0 saturated heterocycles. The molecule has 1 aliphatic rings. The number of nitrogens with one attached hydrogen (secondary N) is 1. The number of anilines is 1. The average Bonchev–Trinajstić information content (AvgIpc) is 2.64. The zero-order valence-corrected chi connectivity index (χ0v) is 17.3. The third kappa shape index (κ3) is 4.84. The number of halogens is 1. The Labute approximate surface area is 169 Å². The maximum absolute atomic E-state index is 6.43. The zero-order chi connectivity index (χ0) is 19.4. The lowest BCUT2D eigenvalue weighted by Crippen LogP contribution is -2.09. The number of aryl methyl sites for hydroxylation is 3. The maximum atomic E-state index is 6.43. The first-order valence-electron chi connectivity index (χ1n) is 9.97. The molecule has 1 atom stereocenters. The van der Waals surface area contributed by atoms with Gasteiger partial charge in [-0.25, -0.2) is 0 Å². The molecule has 1 aliphatic heterocycles. The highest BCUT2D eigenvalue weighted by molar-refractivity contribution is 6.32. The molecule has 2 aromatic rings. The summed E-state index contributed by atoms with van der Waals surface area (Å²) in [5.41, 5.74) is 8.71. The third-order valence-corrected chi connectivity index (χ3v) is 6.02. The molecule has 2 heteroatoms. The van der Waals surface area contributed by atoms with Crippen LogP contribution in [0.15, 0.2) is 55.3 Å². The number of allylic oxidation sites excluding steroid dienone is 2. The molecule has 0 saturated carbocycles. The molecule has 0 aromatic heterocycles. The minimum absolute atomic E-state index is 0.627. The molecule has 1 N–H and O–H groups in total. The minimum Gasteiger partial charge on any atom is -0.359 e. The van der Waals surface area contributed by atoms with E-state index in [4.69, 9.17) is 11.6 Å². The summed E-state index contributed by atoms with van der Waals surface area (Å²) in [6, 6.07) is 12.9. The van der Waals surface area contributed by atoms with Crippen LogP contribution in [0.3, 0.4) is 0 Å². The number of rotatable bonds is 7. The minimum atomic E-state index is 0.627. The Hall–Kier alpha value is -1.99. The summed E-state index contributed by atoms with van der Waals surface area (Å²) in [6.07, 6.45) is 6.58. The van der Waals surface area contributed by atoms with Crippen LogP contribution in [0.2, 0.25) is 5.02 Å². The highest BCUT2D eigenvalue weighted by Crippen LogP contribution is 2.33. The lowest BCUT2D eigenvalue weighted by molar-refractivity contribution is 0.482. The zero-order valence-electron chi connectivity index (χ0n) is 16.6. The van der Waals surface area contributed by atoms with Crippen LogP contribution in [0.1, 0.15) is 54.9 Å². The van der Waals surface area contributed by atoms with E-state index in [1.54, 1.807) is 0 Å². The van der Waals surface area contributed by atoms with Gasteiger partial charge in [-0.15, -0.1) is 0 Å². The lowest BCUT2D eigenvalue weighted by atomic mass is 9.87. The van der Waals surface area contributed by atoms with Crippen molar-refractivity contribution in [3.05, 3.63) is 82.5 Å². The fraction of sp³-hybridized carbons (Fsp3) is 0.360. The van der Waals surface area contributed by atoms with Gasteiger partial charge in [0.2, 0.25) is 0 Å². The van der Waals surface area contributed by atoms with Crippen molar-refractivity contribution in [2.75, 3.05) is 5.32 Å². The average molecular weight is 380 g/mol. The summed E-state index contributed by atoms with van der Waals surface area (Å²) in [7, 11) is 0. The summed E-state index contributed by atoms with van der Waals surface area (Å²) in [6.45, 7) is 12.8. The Morgan fingerprint density at radius 3 is 2.78 bits per heavy atom. The van der Waals surface area contributed by atoms with Crippen molar-refractivity contribution in [1.29, 1.82) is 0 Å². The summed E-state index contributed by atoms with van der Waals surface area (Å²) in [4.78, 5) is 0. The van der Waals surface area contributed by atoms with E-state index in [1.807, 2.05) is 12.1 Å². The highest BCUT2D eigenvalue weighted by atomic mass is 35.5. The molecule has 1 heterocycles. The Morgan fingerprint density at radius 2 is 2.04 bits per heavy atom. The quantitative estimate of drug-likeness (QED) is 0.522. The number of hydrogen-bond donors (Lipinski definition) is 1. The van der Waals surface area contributed by atoms with E-state index in [0.717, 1.165) is 54.0 Å². The molecule has 1 unspecified atom stereocenters. The van der Waals surface area contributed by atoms with Crippen LogP contribution < -0.4 is 5.32 Å². The second-order valence-corrected chi connectivity index (χ2v) is 8.18. The van der Waals surface area contributed by atoms with Crippen LogP contribution in [0.25, 0.3) is 5.57 Å². The Balaban J connectivity index is 1.62. The van der Waals surface area contributed by atoms with Gasteiger partial charge in [0.1, 0.15) is 0 Å². The van der Waals surface area contributed by atoms with Crippen molar-refractivity contribution < 1.29 is 0 Å². The molecule has 2 aromatic carbocycles. The summed E-state index contributed by atoms with van der Waals surface area (Å²) >= 11 is 6.43. The van der Waals surface area contributed by atoms with Crippen LogP contribution in [-0.2, 0) is 12.8 Å². The number of benzene rings is 2. The van der Waals surface area contributed by atoms with Gasteiger partial charge >= 0.3 is 0 Å². The molecule has 0 bridgehead atoms. The van der Waals surface area contributed by atoms with E-state index in [2.05, 4.69) is 56.6 Å². The van der Waals surface area contributed by atoms with E-state index < -0.39 is 0 Å². The van der Waals surface area contributed by atoms with Crippen LogP contribution in [0.5, 0.6) is 0 Å². The topological polar surface area (TPSA) is 12.0 Å². The Kier molecular flexibility index (Phi) is 6.44. The van der Waals surface area contributed by atoms with E-state index in [-0.39, 0.29) is 0 Å². The van der Waals surface area contributed by atoms with Gasteiger partial charge in [0.15, 0.2) is 0 Å². The van der Waals surface area contributed by atoms with E-state index in [9.17, 15) is 0 Å². The molecule has 27 heavy (non-hydrogen) atoms. The van der Waals surface area contributed by atoms with Crippen LogP contribution >= 0.6 is 11.6 Å². The normalized spacial score (nSPS) is 14.4. The number of hydrogen-bond acceptors (Lipinski definition) is 1. The molecule has 1 nitrogen and oxygen atoms in total. The molecular formula is C25H30ClN. The van der Waals surface area contributed by atoms with Crippen LogP contribution in [-0.4, -0.2) is 0 Å². The van der Waals surface area contributed by atoms with Gasteiger partial charge < -0.3 is 5.32 Å². The molecule has 0 radical (unpaired) electrons. The molecule has 0 aliphatic carbocycles. The van der Waals surface area contributed by atoms with Crippen molar-refractivity contribution >= 4 is 22.9 Å². The molecule has 0 spiro atoms. The Morgan fingerprint density at radius 1 is 1.22 bits per heavy atom. The molecule has 0 fully saturated rings. The summed E-state index contributed by atoms with van der Waals surface area (Å²) < 4.78 is 0. The van der Waals surface area contributed by atoms with Gasteiger partial charge in [-0.05, 0) is 84.9 Å². The van der Waals surface area contributed by atoms with Crippen LogP contribution in [0.4, 0.5) is 5.69 Å². The molecular weight excluding hydrogens is 350 g/mol. The fourth-order valence-electron chi connectivity index (χ4n) is 4.02. The van der Waals surface area contributed by atoms with Gasteiger partial charge in [0, 0.05) is 16.4 Å². The first-order chi connectivity index (χ1) is 13.0. The first kappa shape index (κ1) is 19.8. The van der Waals surface area contributed by atoms with Gasteiger partial charge in [-0.2, -0.15) is 0 Å². The molecule has 142 valence electrons. The SMILES string of the molecule is C=C1CCc2cc(CCC(CC)CC(=C)c3c(C)cccc3Cl)ccc2N1. The fourth-order valence-corrected chi connectivity index (χ4v) is 4.38. The van der Waals surface area contributed by atoms with Gasteiger partial charge in [-0.3, -0.25) is 0 Å². The highest BCUT2D eigenvalue weighted by Gasteiger charge is 2.15. The number of fused-ring (bicyclic) bond motifs is 1. The van der Waals surface area contributed by atoms with Crippen molar-refractivity contribution in [3.8, 4) is 0 Å². The third-order valence-electron chi connectivity index (χ3n) is 5.71. The molecule has 3 rings (SSSR count). The smallest absolute Gasteiger partial charge is 0.0483 e. The van der Waals surface area contributed by atoms with Crippen molar-refractivity contribution in [1.82, 2.24) is 0 Å². The maximum Gasteiger partial charge on any atom is 0.0483 e. The van der Waals surface area contributed by atoms with Gasteiger partial charge in [0.25, 0.3) is 0 Å². The monoisotopic (exact) mass is 379 g/mol. The van der Waals surface area contributed by atoms with Crippen molar-refractivity contribution in [2.45, 2.75) is 52.4 Å².